The molecule has 0 saturated carbocycles. The van der Waals surface area contributed by atoms with Gasteiger partial charge in [-0.3, -0.25) is 9.69 Å². The minimum absolute atomic E-state index is 0.144. The summed E-state index contributed by atoms with van der Waals surface area (Å²) in [7, 11) is -1.93. The molecule has 2 rings (SSSR count). The van der Waals surface area contributed by atoms with Crippen molar-refractivity contribution in [1.29, 1.82) is 0 Å². The molecule has 1 aliphatic rings. The fourth-order valence-corrected chi connectivity index (χ4v) is 3.01. The molecule has 1 aliphatic heterocycles. The highest BCUT2D eigenvalue weighted by Crippen LogP contribution is 2.19. The van der Waals surface area contributed by atoms with Crippen molar-refractivity contribution in [2.24, 2.45) is 0 Å². The number of hydrogen-bond donors (Lipinski definition) is 1. The fraction of sp³-hybridized carbons (Fsp3) is 0.562. The quantitative estimate of drug-likeness (QED) is 0.817. The van der Waals surface area contributed by atoms with Gasteiger partial charge in [0.05, 0.1) is 12.8 Å². The minimum atomic E-state index is -3.33. The van der Waals surface area contributed by atoms with Crippen LogP contribution in [0.2, 0.25) is 0 Å². The average Bonchev–Trinajstić information content (AvgIpc) is 2.51. The lowest BCUT2D eigenvalue weighted by Gasteiger charge is -2.33. The van der Waals surface area contributed by atoms with Gasteiger partial charge in [-0.2, -0.15) is 4.31 Å². The molecule has 0 aromatic heterocycles. The molecule has 1 N–H and O–H groups in total. The third-order valence-corrected chi connectivity index (χ3v) is 5.57. The zero-order valence-electron chi connectivity index (χ0n) is 13.9. The molecule has 1 atom stereocenters. The van der Waals surface area contributed by atoms with Crippen LogP contribution in [0, 0.1) is 0 Å². The first-order valence-corrected chi connectivity index (χ1v) is 9.61. The van der Waals surface area contributed by atoms with Crippen LogP contribution in [-0.4, -0.2) is 62.5 Å². The number of fused-ring (bicyclic) bond motifs is 1. The van der Waals surface area contributed by atoms with E-state index in [9.17, 15) is 13.2 Å². The van der Waals surface area contributed by atoms with Crippen molar-refractivity contribution in [2.45, 2.75) is 25.9 Å². The summed E-state index contributed by atoms with van der Waals surface area (Å²) in [5, 5.41) is 2.82. The van der Waals surface area contributed by atoms with Crippen molar-refractivity contribution >= 4 is 15.9 Å². The van der Waals surface area contributed by atoms with E-state index in [0.29, 0.717) is 6.54 Å². The second-order valence-electron chi connectivity index (χ2n) is 6.16. The van der Waals surface area contributed by atoms with Crippen LogP contribution in [0.3, 0.4) is 0 Å². The van der Waals surface area contributed by atoms with Crippen LogP contribution in [-0.2, 0) is 27.8 Å². The van der Waals surface area contributed by atoms with Gasteiger partial charge in [0.2, 0.25) is 15.9 Å². The van der Waals surface area contributed by atoms with E-state index < -0.39 is 10.0 Å². The minimum Gasteiger partial charge on any atom is -0.353 e. The number of likely N-dealkylation sites (N-methyl/N-ethyl adjacent to an activating group) is 1. The van der Waals surface area contributed by atoms with E-state index >= 15 is 0 Å². The number of carbonyl (C=O) groups is 1. The molecule has 7 heteroatoms. The lowest BCUT2D eigenvalue weighted by atomic mass is 9.99. The second-order valence-corrected chi connectivity index (χ2v) is 8.25. The molecule has 0 saturated heterocycles. The van der Waals surface area contributed by atoms with Crippen molar-refractivity contribution in [2.75, 3.05) is 32.9 Å². The maximum atomic E-state index is 11.9. The lowest BCUT2D eigenvalue weighted by molar-refractivity contribution is -0.121. The molecule has 1 heterocycles. The molecular weight excluding hydrogens is 314 g/mol. The predicted molar refractivity (Wildman–Crippen MR) is 90.5 cm³/mol. The van der Waals surface area contributed by atoms with Crippen molar-refractivity contribution in [1.82, 2.24) is 14.5 Å². The van der Waals surface area contributed by atoms with E-state index in [-0.39, 0.29) is 18.5 Å². The van der Waals surface area contributed by atoms with Gasteiger partial charge in [-0.15, -0.1) is 0 Å². The summed E-state index contributed by atoms with van der Waals surface area (Å²) in [5.41, 5.74) is 2.74. The molecule has 0 bridgehead atoms. The van der Waals surface area contributed by atoms with E-state index in [1.165, 1.54) is 18.2 Å². The molecule has 1 aromatic carbocycles. The van der Waals surface area contributed by atoms with Crippen LogP contribution >= 0.6 is 0 Å². The van der Waals surface area contributed by atoms with E-state index in [0.717, 1.165) is 30.1 Å². The smallest absolute Gasteiger partial charge is 0.235 e. The number of amides is 1. The van der Waals surface area contributed by atoms with Crippen molar-refractivity contribution in [3.63, 3.8) is 0 Å². The van der Waals surface area contributed by atoms with Crippen LogP contribution in [0.1, 0.15) is 18.1 Å². The Kier molecular flexibility index (Phi) is 5.78. The standard InChI is InChI=1S/C16H25N3O3S/c1-13(10-17-16(20)12-18(2)23(3,21)22)19-9-8-14-6-4-5-7-15(14)11-19/h4-7,13H,8-12H2,1-3H3,(H,17,20)/t13-/m1/s1. The summed E-state index contributed by atoms with van der Waals surface area (Å²) in [6.07, 6.45) is 2.11. The average molecular weight is 339 g/mol. The molecule has 0 fully saturated rings. The summed E-state index contributed by atoms with van der Waals surface area (Å²) in [6.45, 7) is 4.30. The van der Waals surface area contributed by atoms with Gasteiger partial charge in [-0.1, -0.05) is 24.3 Å². The molecule has 1 aromatic rings. The number of benzene rings is 1. The first-order chi connectivity index (χ1) is 10.8. The zero-order chi connectivity index (χ0) is 17.0. The maximum absolute atomic E-state index is 11.9. The number of sulfonamides is 1. The molecule has 0 radical (unpaired) electrons. The summed E-state index contributed by atoms with van der Waals surface area (Å²) in [6, 6.07) is 8.64. The van der Waals surface area contributed by atoms with E-state index in [1.54, 1.807) is 0 Å². The molecule has 128 valence electrons. The SMILES string of the molecule is C[C@H](CNC(=O)CN(C)S(C)(=O)=O)N1CCc2ccccc2C1. The van der Waals surface area contributed by atoms with Crippen LogP contribution in [0.5, 0.6) is 0 Å². The summed E-state index contributed by atoms with van der Waals surface area (Å²) >= 11 is 0. The van der Waals surface area contributed by atoms with E-state index in [4.69, 9.17) is 0 Å². The van der Waals surface area contributed by atoms with Crippen LogP contribution < -0.4 is 5.32 Å². The van der Waals surface area contributed by atoms with Gasteiger partial charge >= 0.3 is 0 Å². The van der Waals surface area contributed by atoms with Crippen molar-refractivity contribution in [3.05, 3.63) is 35.4 Å². The van der Waals surface area contributed by atoms with Crippen LogP contribution in [0.25, 0.3) is 0 Å². The lowest BCUT2D eigenvalue weighted by Crippen LogP contribution is -2.46. The summed E-state index contributed by atoms with van der Waals surface area (Å²) in [5.74, 6) is -0.276. The Morgan fingerprint density at radius 1 is 1.35 bits per heavy atom. The third kappa shape index (κ3) is 5.02. The summed E-state index contributed by atoms with van der Waals surface area (Å²) < 4.78 is 23.7. The van der Waals surface area contributed by atoms with Gasteiger partial charge in [0.1, 0.15) is 0 Å². The Morgan fingerprint density at radius 3 is 2.65 bits per heavy atom. The van der Waals surface area contributed by atoms with E-state index in [2.05, 4.69) is 41.4 Å². The summed E-state index contributed by atoms with van der Waals surface area (Å²) in [4.78, 5) is 14.2. The molecule has 1 amide bonds. The van der Waals surface area contributed by atoms with Crippen molar-refractivity contribution < 1.29 is 13.2 Å². The second kappa shape index (κ2) is 7.42. The number of hydrogen-bond acceptors (Lipinski definition) is 4. The zero-order valence-corrected chi connectivity index (χ0v) is 14.8. The molecule has 23 heavy (non-hydrogen) atoms. The molecule has 0 unspecified atom stereocenters. The van der Waals surface area contributed by atoms with Crippen LogP contribution in [0.4, 0.5) is 0 Å². The Hall–Kier alpha value is -1.44. The monoisotopic (exact) mass is 339 g/mol. The number of nitrogens with one attached hydrogen (secondary N) is 1. The largest absolute Gasteiger partial charge is 0.353 e. The molecular formula is C16H25N3O3S. The highest BCUT2D eigenvalue weighted by Gasteiger charge is 2.21. The van der Waals surface area contributed by atoms with Gasteiger partial charge < -0.3 is 5.32 Å². The van der Waals surface area contributed by atoms with Gasteiger partial charge in [0, 0.05) is 32.7 Å². The van der Waals surface area contributed by atoms with Crippen molar-refractivity contribution in [3.8, 4) is 0 Å². The molecule has 0 spiro atoms. The van der Waals surface area contributed by atoms with Gasteiger partial charge in [0.25, 0.3) is 0 Å². The third-order valence-electron chi connectivity index (χ3n) is 4.31. The number of nitrogens with zero attached hydrogens (tertiary/aromatic N) is 2. The first-order valence-electron chi connectivity index (χ1n) is 7.76. The maximum Gasteiger partial charge on any atom is 0.235 e. The number of rotatable bonds is 6. The van der Waals surface area contributed by atoms with Gasteiger partial charge in [0.15, 0.2) is 0 Å². The first kappa shape index (κ1) is 17.9. The Labute approximate surface area is 138 Å². The Balaban J connectivity index is 1.82. The highest BCUT2D eigenvalue weighted by molar-refractivity contribution is 7.88. The Morgan fingerprint density at radius 2 is 2.00 bits per heavy atom. The Bertz CT molecular complexity index is 660. The molecule has 6 nitrogen and oxygen atoms in total. The fourth-order valence-electron chi connectivity index (χ4n) is 2.66. The van der Waals surface area contributed by atoms with Gasteiger partial charge in [-0.25, -0.2) is 8.42 Å². The molecule has 0 aliphatic carbocycles. The van der Waals surface area contributed by atoms with E-state index in [1.807, 2.05) is 0 Å². The van der Waals surface area contributed by atoms with Gasteiger partial charge in [-0.05, 0) is 24.5 Å². The predicted octanol–water partition coefficient (Wildman–Crippen LogP) is 0.441. The highest BCUT2D eigenvalue weighted by atomic mass is 32.2. The topological polar surface area (TPSA) is 69.7 Å². The normalized spacial score (nSPS) is 16.9. The van der Waals surface area contributed by atoms with Crippen LogP contribution in [0.15, 0.2) is 24.3 Å². The number of carbonyl (C=O) groups excluding carboxylic acids is 1.